The molecule has 0 radical (unpaired) electrons. The molecule has 0 saturated heterocycles. The molecule has 0 unspecified atom stereocenters. The third-order valence-electron chi connectivity index (χ3n) is 4.42. The average Bonchev–Trinajstić information content (AvgIpc) is 3.04. The predicted molar refractivity (Wildman–Crippen MR) is 110 cm³/mol. The van der Waals surface area contributed by atoms with Crippen LogP contribution in [0.1, 0.15) is 28.1 Å². The van der Waals surface area contributed by atoms with Gasteiger partial charge in [0.1, 0.15) is 0 Å². The molecule has 0 atom stereocenters. The molecule has 0 aliphatic carbocycles. The van der Waals surface area contributed by atoms with E-state index in [0.717, 1.165) is 11.1 Å². The molecule has 0 amide bonds. The second-order valence-electron chi connectivity index (χ2n) is 6.54. The van der Waals surface area contributed by atoms with Crippen molar-refractivity contribution in [2.24, 2.45) is 0 Å². The lowest BCUT2D eigenvalue weighted by Gasteiger charge is -2.10. The molecule has 0 aliphatic heterocycles. The molecular formula is C20H19N3O5S. The fourth-order valence-electron chi connectivity index (χ4n) is 2.66. The van der Waals surface area contributed by atoms with E-state index in [0.29, 0.717) is 11.3 Å². The van der Waals surface area contributed by atoms with Crippen LogP contribution in [-0.4, -0.2) is 18.5 Å². The molecule has 2 aromatic carbocycles. The number of hydrogen-bond donors (Lipinski definition) is 1. The Labute approximate surface area is 168 Å². The van der Waals surface area contributed by atoms with E-state index in [4.69, 9.17) is 4.52 Å². The molecule has 3 aromatic rings. The van der Waals surface area contributed by atoms with Gasteiger partial charge < -0.3 is 4.52 Å². The smallest absolute Gasteiger partial charge is 0.338 e. The van der Waals surface area contributed by atoms with Crippen molar-refractivity contribution >= 4 is 33.6 Å². The lowest BCUT2D eigenvalue weighted by Crippen LogP contribution is -2.13. The summed E-state index contributed by atoms with van der Waals surface area (Å²) in [5.74, 6) is 0.0283. The highest BCUT2D eigenvalue weighted by Gasteiger charge is 2.22. The minimum atomic E-state index is -3.73. The summed E-state index contributed by atoms with van der Waals surface area (Å²) >= 11 is 0. The number of hydrogen-bond acceptors (Lipinski definition) is 6. The Morgan fingerprint density at radius 2 is 1.72 bits per heavy atom. The number of aromatic nitrogens is 1. The van der Waals surface area contributed by atoms with Gasteiger partial charge in [0.15, 0.2) is 5.69 Å². The maximum Gasteiger partial charge on any atom is 0.338 e. The Morgan fingerprint density at radius 1 is 1.03 bits per heavy atom. The van der Waals surface area contributed by atoms with Crippen LogP contribution < -0.4 is 4.72 Å². The first-order valence-corrected chi connectivity index (χ1v) is 10.1. The first-order chi connectivity index (χ1) is 13.7. The molecule has 8 nitrogen and oxygen atoms in total. The molecule has 3 rings (SSSR count). The molecule has 0 spiro atoms. The number of anilines is 1. The number of nitrogens with one attached hydrogen (secondary N) is 1. The van der Waals surface area contributed by atoms with Gasteiger partial charge in [0.05, 0.1) is 9.82 Å². The molecule has 0 fully saturated rings. The lowest BCUT2D eigenvalue weighted by atomic mass is 10.1. The normalized spacial score (nSPS) is 11.7. The molecular weight excluding hydrogens is 394 g/mol. The minimum absolute atomic E-state index is 0.0283. The quantitative estimate of drug-likeness (QED) is 0.470. The van der Waals surface area contributed by atoms with Crippen LogP contribution in [0.2, 0.25) is 0 Å². The number of nitro groups is 1. The van der Waals surface area contributed by atoms with Gasteiger partial charge in [-0.05, 0) is 67.8 Å². The number of rotatable bonds is 6. The molecule has 1 heterocycles. The van der Waals surface area contributed by atoms with Crippen molar-refractivity contribution in [3.63, 3.8) is 0 Å². The van der Waals surface area contributed by atoms with E-state index in [1.165, 1.54) is 25.1 Å². The van der Waals surface area contributed by atoms with E-state index in [1.807, 2.05) is 19.9 Å². The van der Waals surface area contributed by atoms with E-state index in [1.54, 1.807) is 30.3 Å². The van der Waals surface area contributed by atoms with Crippen LogP contribution in [0.25, 0.3) is 12.2 Å². The highest BCUT2D eigenvalue weighted by Crippen LogP contribution is 2.25. The Balaban J connectivity index is 1.79. The van der Waals surface area contributed by atoms with Crippen molar-refractivity contribution in [3.05, 3.63) is 80.7 Å². The summed E-state index contributed by atoms with van der Waals surface area (Å²) in [7, 11) is -3.73. The van der Waals surface area contributed by atoms with Crippen LogP contribution in [-0.2, 0) is 10.0 Å². The third-order valence-corrected chi connectivity index (χ3v) is 5.81. The first-order valence-electron chi connectivity index (χ1n) is 8.66. The maximum absolute atomic E-state index is 12.6. The number of sulfonamides is 1. The van der Waals surface area contributed by atoms with Crippen molar-refractivity contribution in [2.45, 2.75) is 25.7 Å². The number of aryl methyl sites for hydroxylation is 3. The molecule has 0 bridgehead atoms. The second-order valence-corrected chi connectivity index (χ2v) is 8.23. The van der Waals surface area contributed by atoms with E-state index in [9.17, 15) is 18.5 Å². The van der Waals surface area contributed by atoms with E-state index < -0.39 is 14.9 Å². The zero-order valence-corrected chi connectivity index (χ0v) is 16.9. The zero-order valence-electron chi connectivity index (χ0n) is 16.0. The van der Waals surface area contributed by atoms with Crippen LogP contribution in [0, 0.1) is 30.9 Å². The molecule has 1 aromatic heterocycles. The monoisotopic (exact) mass is 413 g/mol. The molecule has 0 aliphatic rings. The highest BCUT2D eigenvalue weighted by molar-refractivity contribution is 7.92. The van der Waals surface area contributed by atoms with Crippen LogP contribution in [0.5, 0.6) is 0 Å². The SMILES string of the molecule is Cc1ccc(NS(=O)(=O)c2ccc(C=Cc3onc(C)c3[N+](=O)[O-])cc2)cc1C. The Kier molecular flexibility index (Phi) is 5.51. The van der Waals surface area contributed by atoms with Crippen molar-refractivity contribution in [1.82, 2.24) is 5.16 Å². The number of benzene rings is 2. The fraction of sp³-hybridized carbons (Fsp3) is 0.150. The van der Waals surface area contributed by atoms with E-state index >= 15 is 0 Å². The summed E-state index contributed by atoms with van der Waals surface area (Å²) in [6, 6.07) is 11.5. The fourth-order valence-corrected chi connectivity index (χ4v) is 3.71. The van der Waals surface area contributed by atoms with Crippen LogP contribution >= 0.6 is 0 Å². The van der Waals surface area contributed by atoms with E-state index in [-0.39, 0.29) is 22.0 Å². The third kappa shape index (κ3) is 4.52. The van der Waals surface area contributed by atoms with Gasteiger partial charge >= 0.3 is 5.69 Å². The van der Waals surface area contributed by atoms with Gasteiger partial charge in [0.25, 0.3) is 10.0 Å². The Hall–Kier alpha value is -3.46. The summed E-state index contributed by atoms with van der Waals surface area (Å²) in [4.78, 5) is 10.6. The summed E-state index contributed by atoms with van der Waals surface area (Å²) < 4.78 is 32.7. The van der Waals surface area contributed by atoms with Gasteiger partial charge in [0.2, 0.25) is 5.76 Å². The predicted octanol–water partition coefficient (Wildman–Crippen LogP) is 4.48. The number of nitrogens with zero attached hydrogens (tertiary/aromatic N) is 2. The molecule has 9 heteroatoms. The largest absolute Gasteiger partial charge is 0.349 e. The summed E-state index contributed by atoms with van der Waals surface area (Å²) in [6.45, 7) is 5.35. The van der Waals surface area contributed by atoms with Gasteiger partial charge in [-0.2, -0.15) is 0 Å². The van der Waals surface area contributed by atoms with E-state index in [2.05, 4.69) is 9.88 Å². The van der Waals surface area contributed by atoms with Crippen LogP contribution in [0.4, 0.5) is 11.4 Å². The molecule has 29 heavy (non-hydrogen) atoms. The average molecular weight is 413 g/mol. The lowest BCUT2D eigenvalue weighted by molar-refractivity contribution is -0.386. The van der Waals surface area contributed by atoms with Crippen molar-refractivity contribution < 1.29 is 17.9 Å². The first kappa shape index (κ1) is 20.3. The minimum Gasteiger partial charge on any atom is -0.349 e. The van der Waals surface area contributed by atoms with Crippen molar-refractivity contribution in [2.75, 3.05) is 4.72 Å². The molecule has 1 N–H and O–H groups in total. The topological polar surface area (TPSA) is 115 Å². The second kappa shape index (κ2) is 7.88. The van der Waals surface area contributed by atoms with Gasteiger partial charge in [-0.3, -0.25) is 14.8 Å². The van der Waals surface area contributed by atoms with Gasteiger partial charge in [-0.15, -0.1) is 0 Å². The van der Waals surface area contributed by atoms with Crippen molar-refractivity contribution in [3.8, 4) is 0 Å². The maximum atomic E-state index is 12.6. The highest BCUT2D eigenvalue weighted by atomic mass is 32.2. The Morgan fingerprint density at radius 3 is 2.34 bits per heavy atom. The molecule has 0 saturated carbocycles. The van der Waals surface area contributed by atoms with Gasteiger partial charge in [-0.1, -0.05) is 29.4 Å². The van der Waals surface area contributed by atoms with Crippen LogP contribution in [0.15, 0.2) is 51.9 Å². The van der Waals surface area contributed by atoms with Gasteiger partial charge in [0, 0.05) is 5.69 Å². The Bertz CT molecular complexity index is 1200. The summed E-state index contributed by atoms with van der Waals surface area (Å²) in [6.07, 6.45) is 3.01. The molecule has 150 valence electrons. The van der Waals surface area contributed by atoms with Gasteiger partial charge in [-0.25, -0.2) is 8.42 Å². The summed E-state index contributed by atoms with van der Waals surface area (Å²) in [5, 5.41) is 14.7. The standard InChI is InChI=1S/C20H19N3O5S/c1-13-4-8-17(12-14(13)2)22-29(26,27)18-9-5-16(6-10-18)7-11-19-20(23(24)25)15(3)21-28-19/h4-12,22H,1-3H3. The van der Waals surface area contributed by atoms with Crippen molar-refractivity contribution in [1.29, 1.82) is 0 Å². The van der Waals surface area contributed by atoms with Crippen LogP contribution in [0.3, 0.4) is 0 Å². The zero-order chi connectivity index (χ0) is 21.2. The summed E-state index contributed by atoms with van der Waals surface area (Å²) in [5.41, 5.74) is 3.20.